The summed E-state index contributed by atoms with van der Waals surface area (Å²) in [6.07, 6.45) is 7.63. The van der Waals surface area contributed by atoms with E-state index in [9.17, 15) is 9.90 Å². The van der Waals surface area contributed by atoms with Gasteiger partial charge in [0.15, 0.2) is 0 Å². The third-order valence-corrected chi connectivity index (χ3v) is 5.50. The summed E-state index contributed by atoms with van der Waals surface area (Å²) in [6.45, 7) is 10.7. The quantitative estimate of drug-likeness (QED) is 0.654. The largest absolute Gasteiger partial charge is 0.392 e. The van der Waals surface area contributed by atoms with Gasteiger partial charge in [-0.05, 0) is 43.6 Å². The van der Waals surface area contributed by atoms with E-state index in [1.807, 2.05) is 26.0 Å². The molecule has 1 aliphatic rings. The summed E-state index contributed by atoms with van der Waals surface area (Å²) < 4.78 is 5.91. The molecule has 2 unspecified atom stereocenters. The molecule has 1 heterocycles. The van der Waals surface area contributed by atoms with Gasteiger partial charge in [-0.25, -0.2) is 0 Å². The van der Waals surface area contributed by atoms with Crippen LogP contribution in [0.5, 0.6) is 0 Å². The van der Waals surface area contributed by atoms with Crippen LogP contribution in [0.4, 0.5) is 0 Å². The number of hydrogen-bond acceptors (Lipinski definition) is 4. The molecule has 4 heteroatoms. The number of hydrogen-bond donors (Lipinski definition) is 2. The second kappa shape index (κ2) is 10.2. The zero-order valence-corrected chi connectivity index (χ0v) is 16.5. The van der Waals surface area contributed by atoms with Gasteiger partial charge in [0.25, 0.3) is 0 Å². The van der Waals surface area contributed by atoms with Crippen molar-refractivity contribution in [3.8, 4) is 0 Å². The highest BCUT2D eigenvalue weighted by molar-refractivity contribution is 5.81. The first-order valence-corrected chi connectivity index (χ1v) is 9.50. The van der Waals surface area contributed by atoms with Gasteiger partial charge in [0, 0.05) is 12.3 Å². The van der Waals surface area contributed by atoms with Crippen LogP contribution in [0.2, 0.25) is 0 Å². The Balaban J connectivity index is 2.61. The van der Waals surface area contributed by atoms with Crippen molar-refractivity contribution in [1.82, 2.24) is 0 Å². The number of carbonyl (C=O) groups excluding carboxylic acids is 1. The normalized spacial score (nSPS) is 29.1. The molecule has 1 fully saturated rings. The molecule has 1 aliphatic heterocycles. The summed E-state index contributed by atoms with van der Waals surface area (Å²) in [5, 5.41) is 19.4. The lowest BCUT2D eigenvalue weighted by Crippen LogP contribution is -2.39. The molecule has 0 aromatic rings. The Morgan fingerprint density at radius 2 is 2.04 bits per heavy atom. The molecule has 4 atom stereocenters. The lowest BCUT2D eigenvalue weighted by Gasteiger charge is -2.29. The maximum Gasteiger partial charge on any atom is 0.136 e. The summed E-state index contributed by atoms with van der Waals surface area (Å²) in [5.74, 6) is 1.20. The molecule has 0 aromatic heterocycles. The fourth-order valence-corrected chi connectivity index (χ4v) is 2.87. The van der Waals surface area contributed by atoms with Gasteiger partial charge in [-0.15, -0.1) is 0 Å². The van der Waals surface area contributed by atoms with E-state index in [1.54, 1.807) is 6.08 Å². The number of ketones is 1. The monoisotopic (exact) mass is 352 g/mol. The zero-order valence-electron chi connectivity index (χ0n) is 16.5. The first-order chi connectivity index (χ1) is 11.7. The van der Waals surface area contributed by atoms with E-state index < -0.39 is 11.7 Å². The van der Waals surface area contributed by atoms with Gasteiger partial charge in [0.2, 0.25) is 0 Å². The van der Waals surface area contributed by atoms with E-state index in [4.69, 9.17) is 9.84 Å². The van der Waals surface area contributed by atoms with E-state index in [0.717, 1.165) is 12.0 Å². The molecule has 0 bridgehead atoms. The maximum absolute atomic E-state index is 12.3. The Kier molecular flexibility index (Phi) is 9.04. The molecule has 0 spiro atoms. The third kappa shape index (κ3) is 7.04. The van der Waals surface area contributed by atoms with Crippen molar-refractivity contribution in [3.05, 3.63) is 23.8 Å². The Hall–Kier alpha value is -0.970. The molecule has 4 nitrogen and oxygen atoms in total. The molecule has 0 saturated carbocycles. The Morgan fingerprint density at radius 1 is 1.36 bits per heavy atom. The minimum atomic E-state index is -0.751. The summed E-state index contributed by atoms with van der Waals surface area (Å²) in [7, 11) is 0. The maximum atomic E-state index is 12.3. The van der Waals surface area contributed by atoms with Crippen molar-refractivity contribution in [2.24, 2.45) is 17.8 Å². The van der Waals surface area contributed by atoms with Gasteiger partial charge in [0.05, 0.1) is 19.3 Å². The van der Waals surface area contributed by atoms with Crippen molar-refractivity contribution >= 4 is 5.78 Å². The highest BCUT2D eigenvalue weighted by atomic mass is 16.5. The molecule has 2 N–H and O–H groups in total. The average Bonchev–Trinajstić information content (AvgIpc) is 2.69. The van der Waals surface area contributed by atoms with Crippen LogP contribution in [0.15, 0.2) is 23.8 Å². The molecule has 25 heavy (non-hydrogen) atoms. The topological polar surface area (TPSA) is 66.8 Å². The minimum absolute atomic E-state index is 0.00420. The van der Waals surface area contributed by atoms with Crippen molar-refractivity contribution < 1.29 is 19.7 Å². The summed E-state index contributed by atoms with van der Waals surface area (Å²) in [4.78, 5) is 12.3. The SMILES string of the molecule is CC(C/C=C/[C@]1(C)OC/C(=C/CO)CC[C@H]1O)C(=O)CC(C)C(C)C. The van der Waals surface area contributed by atoms with Crippen LogP contribution in [-0.2, 0) is 9.53 Å². The first kappa shape index (κ1) is 22.1. The molecular formula is C21H36O4. The van der Waals surface area contributed by atoms with Crippen LogP contribution < -0.4 is 0 Å². The Labute approximate surface area is 153 Å². The van der Waals surface area contributed by atoms with Gasteiger partial charge in [-0.2, -0.15) is 0 Å². The molecule has 0 amide bonds. The van der Waals surface area contributed by atoms with Crippen molar-refractivity contribution in [2.75, 3.05) is 13.2 Å². The number of rotatable bonds is 8. The molecule has 1 saturated heterocycles. The Bertz CT molecular complexity index is 480. The van der Waals surface area contributed by atoms with Gasteiger partial charge in [-0.1, -0.05) is 45.9 Å². The average molecular weight is 353 g/mol. The summed E-state index contributed by atoms with van der Waals surface area (Å²) in [6, 6.07) is 0. The summed E-state index contributed by atoms with van der Waals surface area (Å²) >= 11 is 0. The van der Waals surface area contributed by atoms with Gasteiger partial charge in [0.1, 0.15) is 11.4 Å². The fraction of sp³-hybridized carbons (Fsp3) is 0.762. The van der Waals surface area contributed by atoms with Crippen molar-refractivity contribution in [3.63, 3.8) is 0 Å². The van der Waals surface area contributed by atoms with E-state index >= 15 is 0 Å². The lowest BCUT2D eigenvalue weighted by molar-refractivity contribution is -0.123. The number of aliphatic hydroxyl groups is 2. The highest BCUT2D eigenvalue weighted by Crippen LogP contribution is 2.28. The number of aliphatic hydroxyl groups excluding tert-OH is 2. The predicted molar refractivity (Wildman–Crippen MR) is 101 cm³/mol. The fourth-order valence-electron chi connectivity index (χ4n) is 2.87. The van der Waals surface area contributed by atoms with Crippen LogP contribution in [0.3, 0.4) is 0 Å². The predicted octanol–water partition coefficient (Wildman–Crippen LogP) is 3.67. The lowest BCUT2D eigenvalue weighted by atomic mass is 9.87. The first-order valence-electron chi connectivity index (χ1n) is 9.50. The van der Waals surface area contributed by atoms with Crippen LogP contribution in [0.1, 0.15) is 60.3 Å². The standard InChI is InChI=1S/C21H36O4/c1-15(2)17(4)13-19(23)16(3)7-6-11-21(5)20(24)9-8-18(10-12-22)14-25-21/h6,10-11,15-17,20,22,24H,7-9,12-14H2,1-5H3/b11-6+,18-10+/t16?,17?,20-,21+/m1/s1. The number of Topliss-reactive ketones (excluding diaryl/α,β-unsaturated/α-hetero) is 1. The number of ether oxygens (including phenoxy) is 1. The van der Waals surface area contributed by atoms with Crippen LogP contribution >= 0.6 is 0 Å². The van der Waals surface area contributed by atoms with Crippen LogP contribution in [0.25, 0.3) is 0 Å². The van der Waals surface area contributed by atoms with Gasteiger partial charge in [-0.3, -0.25) is 4.79 Å². The third-order valence-electron chi connectivity index (χ3n) is 5.50. The summed E-state index contributed by atoms with van der Waals surface area (Å²) in [5.41, 5.74) is 0.267. The highest BCUT2D eigenvalue weighted by Gasteiger charge is 2.33. The number of allylic oxidation sites excluding steroid dienone is 1. The second-order valence-corrected chi connectivity index (χ2v) is 8.00. The molecule has 1 rings (SSSR count). The second-order valence-electron chi connectivity index (χ2n) is 8.00. The molecular weight excluding hydrogens is 316 g/mol. The van der Waals surface area contributed by atoms with Gasteiger partial charge < -0.3 is 14.9 Å². The number of carbonyl (C=O) groups is 1. The van der Waals surface area contributed by atoms with Crippen molar-refractivity contribution in [1.29, 1.82) is 0 Å². The van der Waals surface area contributed by atoms with E-state index in [-0.39, 0.29) is 12.5 Å². The van der Waals surface area contributed by atoms with E-state index in [0.29, 0.717) is 43.5 Å². The molecule has 0 aliphatic carbocycles. The molecule has 0 aromatic carbocycles. The minimum Gasteiger partial charge on any atom is -0.392 e. The van der Waals surface area contributed by atoms with Crippen LogP contribution in [-0.4, -0.2) is 40.9 Å². The molecule has 144 valence electrons. The van der Waals surface area contributed by atoms with E-state index in [1.165, 1.54) is 0 Å². The van der Waals surface area contributed by atoms with E-state index in [2.05, 4.69) is 20.8 Å². The smallest absolute Gasteiger partial charge is 0.136 e. The molecule has 0 radical (unpaired) electrons. The zero-order chi connectivity index (χ0) is 19.0. The van der Waals surface area contributed by atoms with Crippen LogP contribution in [0, 0.1) is 17.8 Å². The van der Waals surface area contributed by atoms with Crippen molar-refractivity contribution in [2.45, 2.75) is 72.0 Å². The van der Waals surface area contributed by atoms with Gasteiger partial charge >= 0.3 is 0 Å². The Morgan fingerprint density at radius 3 is 2.64 bits per heavy atom.